The van der Waals surface area contributed by atoms with Crippen LogP contribution in [0, 0.1) is 10.1 Å². The van der Waals surface area contributed by atoms with Crippen LogP contribution in [0.4, 0.5) is 22.7 Å². The Morgan fingerprint density at radius 2 is 1.68 bits per heavy atom. The molecule has 0 fully saturated rings. The minimum absolute atomic E-state index is 0. The first kappa shape index (κ1) is 28.9. The summed E-state index contributed by atoms with van der Waals surface area (Å²) < 4.78 is 33.3. The fourth-order valence-corrected chi connectivity index (χ4v) is 5.42. The molecule has 1 aromatic heterocycles. The van der Waals surface area contributed by atoms with E-state index in [1.54, 1.807) is 24.3 Å². The molecule has 9 nitrogen and oxygen atoms in total. The van der Waals surface area contributed by atoms with E-state index < -0.39 is 14.9 Å². The first-order valence-corrected chi connectivity index (χ1v) is 13.9. The highest BCUT2D eigenvalue weighted by molar-refractivity contribution is 7.92. The quantitative estimate of drug-likeness (QED) is 0.0816. The van der Waals surface area contributed by atoms with E-state index in [-0.39, 0.29) is 23.8 Å². The zero-order valence-electron chi connectivity index (χ0n) is 21.3. The smallest absolute Gasteiger partial charge is 0.271 e. The Kier molecular flexibility index (Phi) is 9.71. The van der Waals surface area contributed by atoms with E-state index in [1.807, 2.05) is 24.3 Å². The number of nitro benzene ring substituents is 1. The Labute approximate surface area is 228 Å². The molecule has 3 aromatic carbocycles. The van der Waals surface area contributed by atoms with Gasteiger partial charge < -0.3 is 10.1 Å². The van der Waals surface area contributed by atoms with Gasteiger partial charge in [0.15, 0.2) is 0 Å². The van der Waals surface area contributed by atoms with Crippen LogP contribution in [0.1, 0.15) is 39.0 Å². The van der Waals surface area contributed by atoms with Crippen LogP contribution in [0.15, 0.2) is 60.7 Å². The lowest BCUT2D eigenvalue weighted by molar-refractivity contribution is -0.384. The van der Waals surface area contributed by atoms with Crippen LogP contribution in [0.2, 0.25) is 0 Å². The normalized spacial score (nSPS) is 11.2. The Bertz CT molecular complexity index is 1550. The molecule has 202 valence electrons. The number of aromatic nitrogens is 1. The molecule has 11 heteroatoms. The van der Waals surface area contributed by atoms with Gasteiger partial charge in [-0.15, -0.1) is 12.4 Å². The fourth-order valence-electron chi connectivity index (χ4n) is 4.25. The van der Waals surface area contributed by atoms with Crippen molar-refractivity contribution in [2.45, 2.75) is 39.0 Å². The summed E-state index contributed by atoms with van der Waals surface area (Å²) in [6, 6.07) is 17.1. The average molecular weight is 559 g/mol. The van der Waals surface area contributed by atoms with Crippen LogP contribution in [-0.2, 0) is 10.0 Å². The summed E-state index contributed by atoms with van der Waals surface area (Å²) in [5, 5.41) is 16.2. The number of hydrogen-bond acceptors (Lipinski definition) is 7. The number of methoxy groups -OCH3 is 1. The fraction of sp³-hybridized carbons (Fsp3) is 0.296. The number of nitrogens with zero attached hydrogens (tertiary/aromatic N) is 2. The zero-order chi connectivity index (χ0) is 26.4. The van der Waals surface area contributed by atoms with Gasteiger partial charge in [0.25, 0.3) is 5.69 Å². The molecule has 0 radical (unpaired) electrons. The average Bonchev–Trinajstić information content (AvgIpc) is 2.88. The zero-order valence-corrected chi connectivity index (χ0v) is 22.9. The number of rotatable bonds is 12. The van der Waals surface area contributed by atoms with Gasteiger partial charge in [-0.1, -0.05) is 50.8 Å². The van der Waals surface area contributed by atoms with Crippen molar-refractivity contribution in [1.29, 1.82) is 0 Å². The number of halogens is 1. The Balaban J connectivity index is 0.00000400. The number of nitrogens with one attached hydrogen (secondary N) is 2. The first-order valence-electron chi connectivity index (χ1n) is 12.2. The largest absolute Gasteiger partial charge is 0.494 e. The van der Waals surface area contributed by atoms with Gasteiger partial charge in [0.2, 0.25) is 10.0 Å². The van der Waals surface area contributed by atoms with Crippen molar-refractivity contribution in [3.8, 4) is 5.75 Å². The third-order valence-electron chi connectivity index (χ3n) is 6.13. The number of fused-ring (bicyclic) bond motifs is 2. The predicted molar refractivity (Wildman–Crippen MR) is 156 cm³/mol. The monoisotopic (exact) mass is 558 g/mol. The molecule has 0 bridgehead atoms. The second-order valence-electron chi connectivity index (χ2n) is 8.84. The van der Waals surface area contributed by atoms with E-state index in [4.69, 9.17) is 4.74 Å². The topological polar surface area (TPSA) is 123 Å². The molecule has 0 aliphatic heterocycles. The molecule has 38 heavy (non-hydrogen) atoms. The van der Waals surface area contributed by atoms with Gasteiger partial charge in [-0.05, 0) is 30.7 Å². The predicted octanol–water partition coefficient (Wildman–Crippen LogP) is 7.18. The van der Waals surface area contributed by atoms with Gasteiger partial charge in [-0.3, -0.25) is 14.8 Å². The highest BCUT2D eigenvalue weighted by Gasteiger charge is 2.16. The minimum atomic E-state index is -3.48. The van der Waals surface area contributed by atoms with Crippen molar-refractivity contribution in [2.75, 3.05) is 22.9 Å². The Morgan fingerprint density at radius 1 is 0.947 bits per heavy atom. The molecule has 0 atom stereocenters. The van der Waals surface area contributed by atoms with E-state index in [1.165, 1.54) is 19.2 Å². The molecule has 4 rings (SSSR count). The van der Waals surface area contributed by atoms with Crippen LogP contribution in [0.25, 0.3) is 21.8 Å². The van der Waals surface area contributed by atoms with E-state index in [9.17, 15) is 18.5 Å². The number of ether oxygens (including phenoxy) is 1. The number of sulfonamides is 1. The summed E-state index contributed by atoms with van der Waals surface area (Å²) >= 11 is 0. The van der Waals surface area contributed by atoms with Crippen LogP contribution in [0.5, 0.6) is 5.75 Å². The van der Waals surface area contributed by atoms with Gasteiger partial charge in [-0.25, -0.2) is 13.4 Å². The summed E-state index contributed by atoms with van der Waals surface area (Å²) in [4.78, 5) is 15.5. The third-order valence-corrected chi connectivity index (χ3v) is 7.50. The molecule has 2 N–H and O–H groups in total. The standard InChI is InChI=1S/C27H30N4O5S.ClH/c1-3-4-5-6-9-16-37(34,35)30-19-12-15-24(26(17-19)36-2)29-27-21-10-7-8-11-23(21)28-25-18-20(31(32)33)13-14-22(25)27;/h7-8,10-15,17-18,30H,3-6,9,16H2,1-2H3,(H,28,29);1H. The molecule has 0 unspecified atom stereocenters. The van der Waals surface area contributed by atoms with Crippen molar-refractivity contribution in [2.24, 2.45) is 0 Å². The number of pyridine rings is 1. The maximum atomic E-state index is 12.6. The number of nitro groups is 1. The molecule has 0 spiro atoms. The van der Waals surface area contributed by atoms with Gasteiger partial charge in [0.1, 0.15) is 5.75 Å². The molecule has 0 amide bonds. The van der Waals surface area contributed by atoms with E-state index in [0.717, 1.165) is 31.1 Å². The molecule has 0 aliphatic rings. The summed E-state index contributed by atoms with van der Waals surface area (Å²) in [7, 11) is -1.96. The van der Waals surface area contributed by atoms with Crippen molar-refractivity contribution >= 4 is 67.0 Å². The van der Waals surface area contributed by atoms with Crippen molar-refractivity contribution in [3.05, 3.63) is 70.8 Å². The number of para-hydroxylation sites is 1. The first-order chi connectivity index (χ1) is 17.8. The number of benzene rings is 3. The summed E-state index contributed by atoms with van der Waals surface area (Å²) in [6.07, 6.45) is 4.75. The lowest BCUT2D eigenvalue weighted by Gasteiger charge is -2.17. The van der Waals surface area contributed by atoms with Crippen molar-refractivity contribution in [1.82, 2.24) is 4.98 Å². The summed E-state index contributed by atoms with van der Waals surface area (Å²) in [5.74, 6) is 0.513. The second-order valence-corrected chi connectivity index (χ2v) is 10.7. The van der Waals surface area contributed by atoms with Crippen molar-refractivity contribution < 1.29 is 18.1 Å². The minimum Gasteiger partial charge on any atom is -0.494 e. The highest BCUT2D eigenvalue weighted by atomic mass is 35.5. The van der Waals surface area contributed by atoms with Crippen LogP contribution >= 0.6 is 12.4 Å². The van der Waals surface area contributed by atoms with Gasteiger partial charge in [0.05, 0.1) is 45.9 Å². The van der Waals surface area contributed by atoms with Gasteiger partial charge >= 0.3 is 0 Å². The highest BCUT2D eigenvalue weighted by Crippen LogP contribution is 2.38. The molecular weight excluding hydrogens is 528 g/mol. The Morgan fingerprint density at radius 3 is 2.42 bits per heavy atom. The molecule has 0 saturated carbocycles. The number of hydrogen-bond donors (Lipinski definition) is 2. The molecule has 1 heterocycles. The van der Waals surface area contributed by atoms with Crippen molar-refractivity contribution in [3.63, 3.8) is 0 Å². The lowest BCUT2D eigenvalue weighted by atomic mass is 10.1. The summed E-state index contributed by atoms with van der Waals surface area (Å²) in [5.41, 5.74) is 2.87. The summed E-state index contributed by atoms with van der Waals surface area (Å²) in [6.45, 7) is 2.12. The lowest BCUT2D eigenvalue weighted by Crippen LogP contribution is -2.16. The molecule has 0 saturated heterocycles. The van der Waals surface area contributed by atoms with Gasteiger partial charge in [-0.2, -0.15) is 0 Å². The number of unbranched alkanes of at least 4 members (excludes halogenated alkanes) is 4. The van der Waals surface area contributed by atoms with E-state index in [2.05, 4.69) is 21.9 Å². The molecular formula is C27H31ClN4O5S. The molecule has 4 aromatic rings. The third kappa shape index (κ3) is 6.81. The number of non-ortho nitro benzene ring substituents is 1. The SMILES string of the molecule is CCCCCCCS(=O)(=O)Nc1ccc(Nc2c3ccccc3nc3cc([N+](=O)[O-])ccc23)c(OC)c1.Cl. The number of anilines is 3. The Hall–Kier alpha value is -3.63. The van der Waals surface area contributed by atoms with E-state index in [0.29, 0.717) is 45.7 Å². The second kappa shape index (κ2) is 12.7. The molecule has 0 aliphatic carbocycles. The van der Waals surface area contributed by atoms with Crippen LogP contribution in [0.3, 0.4) is 0 Å². The van der Waals surface area contributed by atoms with Gasteiger partial charge in [0, 0.05) is 29.0 Å². The van der Waals surface area contributed by atoms with Crippen LogP contribution in [-0.4, -0.2) is 31.2 Å². The van der Waals surface area contributed by atoms with Crippen LogP contribution < -0.4 is 14.8 Å². The maximum Gasteiger partial charge on any atom is 0.271 e. The van der Waals surface area contributed by atoms with E-state index >= 15 is 0 Å². The maximum absolute atomic E-state index is 12.6.